The Hall–Kier alpha value is -3.86. The summed E-state index contributed by atoms with van der Waals surface area (Å²) < 4.78 is 16.5. The average molecular weight is 668 g/mol. The summed E-state index contributed by atoms with van der Waals surface area (Å²) >= 11 is 0. The summed E-state index contributed by atoms with van der Waals surface area (Å²) in [5.41, 5.74) is 3.41. The second-order valence-corrected chi connectivity index (χ2v) is 13.9. The largest absolute Gasteiger partial charge is 0.356 e. The third kappa shape index (κ3) is 9.84. The first kappa shape index (κ1) is 37.0. The number of rotatable bonds is 20. The summed E-state index contributed by atoms with van der Waals surface area (Å²) in [4.78, 5) is 17.7. The van der Waals surface area contributed by atoms with E-state index in [0.29, 0.717) is 26.2 Å². The van der Waals surface area contributed by atoms with E-state index in [-0.39, 0.29) is 24.4 Å². The van der Waals surface area contributed by atoms with Crippen molar-refractivity contribution in [2.45, 2.75) is 83.8 Å². The minimum absolute atomic E-state index is 0.0315. The normalized spacial score (nSPS) is 12.4. The zero-order valence-electron chi connectivity index (χ0n) is 28.8. The van der Waals surface area contributed by atoms with Gasteiger partial charge in [0.1, 0.15) is 5.54 Å². The smallest absolute Gasteiger partial charge is 0.259 e. The van der Waals surface area contributed by atoms with Crippen molar-refractivity contribution in [3.63, 3.8) is 0 Å². The molecule has 48 heavy (non-hydrogen) atoms. The molecule has 0 fully saturated rings. The van der Waals surface area contributed by atoms with Crippen LogP contribution in [0.25, 0.3) is 0 Å². The minimum atomic E-state index is -1.20. The third-order valence-electron chi connectivity index (χ3n) is 8.20. The Morgan fingerprint density at radius 1 is 0.833 bits per heavy atom. The highest BCUT2D eigenvalue weighted by Crippen LogP contribution is 2.46. The molecule has 0 spiro atoms. The first-order valence-corrected chi connectivity index (χ1v) is 18.2. The van der Waals surface area contributed by atoms with E-state index in [1.165, 1.54) is 0 Å². The van der Waals surface area contributed by atoms with E-state index in [0.717, 1.165) is 48.1 Å². The summed E-state index contributed by atoms with van der Waals surface area (Å²) in [5.74, 6) is -0.0315. The quantitative estimate of drug-likeness (QED) is 0.0580. The van der Waals surface area contributed by atoms with Crippen molar-refractivity contribution >= 4 is 14.4 Å². The molecule has 254 valence electrons. The average Bonchev–Trinajstić information content (AvgIpc) is 3.55. The van der Waals surface area contributed by atoms with Crippen LogP contribution in [0.3, 0.4) is 0 Å². The number of unbranched alkanes of at least 4 members (excludes halogenated alkanes) is 3. The lowest BCUT2D eigenvalue weighted by molar-refractivity contribution is -0.120. The third-order valence-corrected chi connectivity index (χ3v) is 10.3. The number of hydrogen-bond acceptors (Lipinski definition) is 6. The van der Waals surface area contributed by atoms with Gasteiger partial charge in [-0.25, -0.2) is 9.65 Å². The molecule has 0 aliphatic heterocycles. The monoisotopic (exact) mass is 667 g/mol. The minimum Gasteiger partial charge on any atom is -0.356 e. The molecule has 1 unspecified atom stereocenters. The van der Waals surface area contributed by atoms with Crippen LogP contribution in [0.1, 0.15) is 82.2 Å². The number of aromatic nitrogens is 2. The maximum Gasteiger partial charge on any atom is 0.259 e. The Labute approximate surface area is 288 Å². The molecule has 9 heteroatoms. The number of hydrogen-bond donors (Lipinski definition) is 1. The van der Waals surface area contributed by atoms with Crippen molar-refractivity contribution in [3.05, 3.63) is 126 Å². The van der Waals surface area contributed by atoms with Crippen molar-refractivity contribution in [1.29, 1.82) is 5.26 Å². The molecular formula is C39H50N5O3P. The molecule has 0 aliphatic rings. The van der Waals surface area contributed by atoms with Crippen molar-refractivity contribution < 1.29 is 13.8 Å². The molecule has 4 aromatic rings. The number of nitrogens with zero attached hydrogens (tertiary/aromatic N) is 4. The van der Waals surface area contributed by atoms with E-state index in [1.807, 2.05) is 30.7 Å². The Balaban J connectivity index is 1.30. The first-order chi connectivity index (χ1) is 23.4. The van der Waals surface area contributed by atoms with Crippen LogP contribution in [0.15, 0.2) is 104 Å². The van der Waals surface area contributed by atoms with Crippen LogP contribution in [0.2, 0.25) is 0 Å². The number of benzene rings is 3. The van der Waals surface area contributed by atoms with E-state index in [1.54, 1.807) is 0 Å². The summed E-state index contributed by atoms with van der Waals surface area (Å²) in [6, 6.07) is 34.1. The molecule has 0 saturated carbocycles. The predicted molar refractivity (Wildman–Crippen MR) is 193 cm³/mol. The van der Waals surface area contributed by atoms with Gasteiger partial charge in [-0.3, -0.25) is 4.79 Å². The van der Waals surface area contributed by atoms with Crippen molar-refractivity contribution in [3.8, 4) is 6.07 Å². The second kappa shape index (κ2) is 19.2. The Bertz CT molecular complexity index is 1440. The van der Waals surface area contributed by atoms with Gasteiger partial charge >= 0.3 is 0 Å². The topological polar surface area (TPSA) is 92.4 Å². The maximum atomic E-state index is 13.0. The van der Waals surface area contributed by atoms with Gasteiger partial charge in [-0.2, -0.15) is 5.26 Å². The molecule has 0 aliphatic carbocycles. The van der Waals surface area contributed by atoms with E-state index < -0.39 is 14.1 Å². The number of nitrogens with one attached hydrogen (secondary N) is 1. The molecule has 0 saturated heterocycles. The maximum absolute atomic E-state index is 13.0. The van der Waals surface area contributed by atoms with Crippen LogP contribution in [-0.2, 0) is 25.8 Å². The lowest BCUT2D eigenvalue weighted by Gasteiger charge is -2.37. The van der Waals surface area contributed by atoms with Gasteiger partial charge in [-0.15, -0.1) is 0 Å². The Morgan fingerprint density at radius 2 is 1.35 bits per heavy atom. The number of amides is 1. The van der Waals surface area contributed by atoms with Gasteiger partial charge in [0.05, 0.1) is 44.1 Å². The predicted octanol–water partition coefficient (Wildman–Crippen LogP) is 8.23. The van der Waals surface area contributed by atoms with E-state index in [9.17, 15) is 4.79 Å². The van der Waals surface area contributed by atoms with Crippen LogP contribution >= 0.6 is 8.53 Å². The highest BCUT2D eigenvalue weighted by Gasteiger charge is 2.38. The number of imidazole rings is 1. The molecule has 1 heterocycles. The van der Waals surface area contributed by atoms with Gasteiger partial charge in [0, 0.05) is 24.8 Å². The van der Waals surface area contributed by atoms with Crippen LogP contribution in [-0.4, -0.2) is 52.0 Å². The molecular weight excluding hydrogens is 617 g/mol. The molecule has 1 atom stereocenters. The summed E-state index contributed by atoms with van der Waals surface area (Å²) in [5, 5.41) is 12.0. The van der Waals surface area contributed by atoms with E-state index >= 15 is 0 Å². The van der Waals surface area contributed by atoms with Crippen LogP contribution in [0.5, 0.6) is 0 Å². The number of carbonyl (C=O) groups excluding carboxylic acids is 1. The SMILES string of the molecule is CC(C)N(C(C)C)P(OCCC#N)OCCCCCCNC(=O)Cc1cn(C(c2ccccc2)(c2ccccc2)c2ccccc2)cn1. The second-order valence-electron chi connectivity index (χ2n) is 12.4. The molecule has 1 aromatic heterocycles. The lowest BCUT2D eigenvalue weighted by atomic mass is 9.77. The summed E-state index contributed by atoms with van der Waals surface area (Å²) in [7, 11) is -1.20. The van der Waals surface area contributed by atoms with E-state index in [4.69, 9.17) is 19.3 Å². The fourth-order valence-corrected chi connectivity index (χ4v) is 7.74. The first-order valence-electron chi connectivity index (χ1n) is 17.1. The lowest BCUT2D eigenvalue weighted by Crippen LogP contribution is -2.37. The highest BCUT2D eigenvalue weighted by atomic mass is 31.2. The highest BCUT2D eigenvalue weighted by molar-refractivity contribution is 7.44. The zero-order valence-corrected chi connectivity index (χ0v) is 29.7. The van der Waals surface area contributed by atoms with Crippen molar-refractivity contribution in [2.24, 2.45) is 0 Å². The van der Waals surface area contributed by atoms with Gasteiger partial charge in [0.25, 0.3) is 8.53 Å². The number of carbonyl (C=O) groups is 1. The zero-order chi connectivity index (χ0) is 34.2. The summed E-state index contributed by atoms with van der Waals surface area (Å²) in [6.07, 6.45) is 8.24. The van der Waals surface area contributed by atoms with Crippen LogP contribution in [0, 0.1) is 11.3 Å². The van der Waals surface area contributed by atoms with Crippen LogP contribution in [0.4, 0.5) is 0 Å². The van der Waals surface area contributed by atoms with Gasteiger partial charge < -0.3 is 18.9 Å². The van der Waals surface area contributed by atoms with Gasteiger partial charge in [-0.1, -0.05) is 104 Å². The standard InChI is InChI=1S/C39H50N5O3P/c1-32(2)44(33(3)4)48(47-28-18-25-40)46-27-17-6-5-16-26-41-38(45)29-37-30-43(31-42-37)39(34-19-10-7-11-20-34,35-21-12-8-13-22-35)36-23-14-9-15-24-36/h7-15,19-24,30-33H,5-6,16-18,26-29H2,1-4H3,(H,41,45). The van der Waals surface area contributed by atoms with Crippen molar-refractivity contribution in [2.75, 3.05) is 19.8 Å². The fourth-order valence-electron chi connectivity index (χ4n) is 6.12. The van der Waals surface area contributed by atoms with Crippen molar-refractivity contribution in [1.82, 2.24) is 19.5 Å². The Kier molecular flexibility index (Phi) is 14.8. The van der Waals surface area contributed by atoms with Gasteiger partial charge in [0.15, 0.2) is 0 Å². The summed E-state index contributed by atoms with van der Waals surface area (Å²) in [6.45, 7) is 10.2. The molecule has 4 rings (SSSR count). The van der Waals surface area contributed by atoms with Gasteiger partial charge in [-0.05, 0) is 57.2 Å². The molecule has 0 radical (unpaired) electrons. The molecule has 0 bridgehead atoms. The number of nitriles is 1. The molecule has 3 aromatic carbocycles. The fraction of sp³-hybridized carbons (Fsp3) is 0.410. The Morgan fingerprint density at radius 3 is 1.88 bits per heavy atom. The molecule has 8 nitrogen and oxygen atoms in total. The molecule has 1 N–H and O–H groups in total. The van der Waals surface area contributed by atoms with Gasteiger partial charge in [0.2, 0.25) is 5.91 Å². The molecule has 1 amide bonds. The van der Waals surface area contributed by atoms with Crippen LogP contribution < -0.4 is 5.32 Å². The van der Waals surface area contributed by atoms with E-state index in [2.05, 4.69) is 121 Å².